The maximum absolute atomic E-state index is 11.9. The Labute approximate surface area is 134 Å². The summed E-state index contributed by atoms with van der Waals surface area (Å²) in [6, 6.07) is 6.95. The Hall–Kier alpha value is -2.10. The van der Waals surface area contributed by atoms with Gasteiger partial charge in [0.1, 0.15) is 6.07 Å². The van der Waals surface area contributed by atoms with Crippen molar-refractivity contribution in [3.05, 3.63) is 28.8 Å². The number of nitrogens with one attached hydrogen (secondary N) is 2. The van der Waals surface area contributed by atoms with E-state index in [-0.39, 0.29) is 29.9 Å². The van der Waals surface area contributed by atoms with E-state index in [0.29, 0.717) is 17.3 Å². The SMILES string of the molecule is CN(CC(=O)Nc1ccc(C#N)c(Cl)c1)CC(=O)NC1CC1. The number of anilines is 1. The first kappa shape index (κ1) is 16.3. The minimum Gasteiger partial charge on any atom is -0.352 e. The van der Waals surface area contributed by atoms with Gasteiger partial charge in [-0.05, 0) is 38.1 Å². The molecule has 0 spiro atoms. The fourth-order valence-corrected chi connectivity index (χ4v) is 2.15. The van der Waals surface area contributed by atoms with E-state index < -0.39 is 0 Å². The van der Waals surface area contributed by atoms with Crippen LogP contribution in [0.5, 0.6) is 0 Å². The average molecular weight is 321 g/mol. The van der Waals surface area contributed by atoms with Crippen LogP contribution < -0.4 is 10.6 Å². The summed E-state index contributed by atoms with van der Waals surface area (Å²) in [5.41, 5.74) is 0.873. The molecule has 2 rings (SSSR count). The number of rotatable bonds is 6. The normalized spacial score (nSPS) is 13.5. The summed E-state index contributed by atoms with van der Waals surface area (Å²) < 4.78 is 0. The van der Waals surface area contributed by atoms with E-state index in [2.05, 4.69) is 10.6 Å². The number of nitriles is 1. The highest BCUT2D eigenvalue weighted by molar-refractivity contribution is 6.32. The summed E-state index contributed by atoms with van der Waals surface area (Å²) >= 11 is 5.90. The van der Waals surface area contributed by atoms with Gasteiger partial charge in [-0.3, -0.25) is 14.5 Å². The molecule has 0 unspecified atom stereocenters. The van der Waals surface area contributed by atoms with Crippen LogP contribution in [0.1, 0.15) is 18.4 Å². The maximum atomic E-state index is 11.9. The fraction of sp³-hybridized carbons (Fsp3) is 0.400. The van der Waals surface area contributed by atoms with Crippen LogP contribution >= 0.6 is 11.6 Å². The predicted octanol–water partition coefficient (Wildman–Crippen LogP) is 1.36. The Kier molecular flexibility index (Phi) is 5.36. The largest absolute Gasteiger partial charge is 0.352 e. The molecule has 1 saturated carbocycles. The number of likely N-dealkylation sites (N-methyl/N-ethyl adjacent to an activating group) is 1. The average Bonchev–Trinajstić information content (AvgIpc) is 3.22. The van der Waals surface area contributed by atoms with E-state index in [1.165, 1.54) is 6.07 Å². The first-order valence-corrected chi connectivity index (χ1v) is 7.33. The molecule has 0 radical (unpaired) electrons. The van der Waals surface area contributed by atoms with E-state index >= 15 is 0 Å². The molecule has 2 amide bonds. The van der Waals surface area contributed by atoms with Gasteiger partial charge in [0.05, 0.1) is 23.7 Å². The summed E-state index contributed by atoms with van der Waals surface area (Å²) in [4.78, 5) is 25.2. The molecule has 22 heavy (non-hydrogen) atoms. The van der Waals surface area contributed by atoms with Crippen LogP contribution in [0.3, 0.4) is 0 Å². The Bertz CT molecular complexity index is 622. The van der Waals surface area contributed by atoms with Gasteiger partial charge in [-0.2, -0.15) is 5.26 Å². The second kappa shape index (κ2) is 7.25. The molecule has 116 valence electrons. The third-order valence-electron chi connectivity index (χ3n) is 3.14. The van der Waals surface area contributed by atoms with E-state index in [1.54, 1.807) is 24.1 Å². The minimum atomic E-state index is -0.248. The van der Waals surface area contributed by atoms with Crippen LogP contribution in [0.4, 0.5) is 5.69 Å². The van der Waals surface area contributed by atoms with Crippen molar-refractivity contribution in [3.63, 3.8) is 0 Å². The second-order valence-electron chi connectivity index (χ2n) is 5.37. The molecule has 7 heteroatoms. The van der Waals surface area contributed by atoms with Crippen molar-refractivity contribution < 1.29 is 9.59 Å². The van der Waals surface area contributed by atoms with Gasteiger partial charge in [-0.25, -0.2) is 0 Å². The van der Waals surface area contributed by atoms with Crippen LogP contribution in [0.25, 0.3) is 0 Å². The zero-order chi connectivity index (χ0) is 16.1. The number of benzene rings is 1. The fourth-order valence-electron chi connectivity index (χ4n) is 1.93. The number of carbonyl (C=O) groups is 2. The van der Waals surface area contributed by atoms with Gasteiger partial charge in [-0.15, -0.1) is 0 Å². The van der Waals surface area contributed by atoms with Gasteiger partial charge >= 0.3 is 0 Å². The van der Waals surface area contributed by atoms with Crippen molar-refractivity contribution >= 4 is 29.1 Å². The van der Waals surface area contributed by atoms with Crippen molar-refractivity contribution in [2.75, 3.05) is 25.5 Å². The van der Waals surface area contributed by atoms with E-state index in [0.717, 1.165) is 12.8 Å². The maximum Gasteiger partial charge on any atom is 0.238 e. The second-order valence-corrected chi connectivity index (χ2v) is 5.78. The molecule has 0 atom stereocenters. The van der Waals surface area contributed by atoms with Crippen molar-refractivity contribution in [2.45, 2.75) is 18.9 Å². The summed E-state index contributed by atoms with van der Waals surface area (Å²) in [5, 5.41) is 14.6. The summed E-state index contributed by atoms with van der Waals surface area (Å²) in [6.45, 7) is 0.272. The van der Waals surface area contributed by atoms with E-state index in [9.17, 15) is 9.59 Å². The monoisotopic (exact) mass is 320 g/mol. The Balaban J connectivity index is 1.80. The molecule has 0 aromatic heterocycles. The molecular formula is C15H17ClN4O2. The zero-order valence-electron chi connectivity index (χ0n) is 12.2. The molecular weight excluding hydrogens is 304 g/mol. The lowest BCUT2D eigenvalue weighted by Gasteiger charge is -2.16. The van der Waals surface area contributed by atoms with Crippen LogP contribution in [0, 0.1) is 11.3 Å². The van der Waals surface area contributed by atoms with Crippen LogP contribution in [0.15, 0.2) is 18.2 Å². The summed E-state index contributed by atoms with van der Waals surface area (Å²) in [6.07, 6.45) is 2.07. The molecule has 2 N–H and O–H groups in total. The van der Waals surface area contributed by atoms with Crippen LogP contribution in [-0.2, 0) is 9.59 Å². The van der Waals surface area contributed by atoms with Gasteiger partial charge in [0.25, 0.3) is 0 Å². The molecule has 6 nitrogen and oxygen atoms in total. The molecule has 0 heterocycles. The molecule has 1 fully saturated rings. The molecule has 0 bridgehead atoms. The molecule has 0 saturated heterocycles. The van der Waals surface area contributed by atoms with Crippen molar-refractivity contribution in [3.8, 4) is 6.07 Å². The van der Waals surface area contributed by atoms with Gasteiger partial charge < -0.3 is 10.6 Å². The quantitative estimate of drug-likeness (QED) is 0.828. The number of nitrogens with zero attached hydrogens (tertiary/aromatic N) is 2. The highest BCUT2D eigenvalue weighted by atomic mass is 35.5. The van der Waals surface area contributed by atoms with Gasteiger partial charge in [0.15, 0.2) is 0 Å². The lowest BCUT2D eigenvalue weighted by molar-refractivity contribution is -0.123. The number of carbonyl (C=O) groups excluding carboxylic acids is 2. The highest BCUT2D eigenvalue weighted by Crippen LogP contribution is 2.20. The number of hydrogen-bond donors (Lipinski definition) is 2. The zero-order valence-corrected chi connectivity index (χ0v) is 13.0. The highest BCUT2D eigenvalue weighted by Gasteiger charge is 2.23. The predicted molar refractivity (Wildman–Crippen MR) is 83.5 cm³/mol. The smallest absolute Gasteiger partial charge is 0.238 e. The lowest BCUT2D eigenvalue weighted by atomic mass is 10.2. The Morgan fingerprint density at radius 2 is 2.05 bits per heavy atom. The third-order valence-corrected chi connectivity index (χ3v) is 3.46. The number of amides is 2. The van der Waals surface area contributed by atoms with Gasteiger partial charge in [0, 0.05) is 11.7 Å². The standard InChI is InChI=1S/C15H17ClN4O2/c1-20(8-14(21)18-11-4-5-11)9-15(22)19-12-3-2-10(7-17)13(16)6-12/h2-3,6,11H,4-5,8-9H2,1H3,(H,18,21)(H,19,22). The number of hydrogen-bond acceptors (Lipinski definition) is 4. The third kappa shape index (κ3) is 5.02. The van der Waals surface area contributed by atoms with Crippen molar-refractivity contribution in [2.24, 2.45) is 0 Å². The Morgan fingerprint density at radius 3 is 2.64 bits per heavy atom. The topological polar surface area (TPSA) is 85.2 Å². The first-order chi connectivity index (χ1) is 10.5. The van der Waals surface area contributed by atoms with Gasteiger partial charge in [0.2, 0.25) is 11.8 Å². The van der Waals surface area contributed by atoms with Crippen molar-refractivity contribution in [1.82, 2.24) is 10.2 Å². The molecule has 1 aliphatic carbocycles. The molecule has 1 aliphatic rings. The van der Waals surface area contributed by atoms with Crippen LogP contribution in [0.2, 0.25) is 5.02 Å². The Morgan fingerprint density at radius 1 is 1.36 bits per heavy atom. The summed E-state index contributed by atoms with van der Waals surface area (Å²) in [5.74, 6) is -0.318. The molecule has 0 aliphatic heterocycles. The molecule has 1 aromatic rings. The van der Waals surface area contributed by atoms with Crippen molar-refractivity contribution in [1.29, 1.82) is 5.26 Å². The minimum absolute atomic E-state index is 0.0702. The first-order valence-electron chi connectivity index (χ1n) is 6.95. The van der Waals surface area contributed by atoms with Gasteiger partial charge in [-0.1, -0.05) is 11.6 Å². The lowest BCUT2D eigenvalue weighted by Crippen LogP contribution is -2.39. The van der Waals surface area contributed by atoms with E-state index in [4.69, 9.17) is 16.9 Å². The van der Waals surface area contributed by atoms with Crippen LogP contribution in [-0.4, -0.2) is 42.9 Å². The summed E-state index contributed by atoms with van der Waals surface area (Å²) in [7, 11) is 1.71. The van der Waals surface area contributed by atoms with E-state index in [1.807, 2.05) is 6.07 Å². The number of halogens is 1. The molecule has 1 aromatic carbocycles.